The molecule has 10 aliphatic rings. The maximum Gasteiger partial charge on any atom is 0.132 e. The molecule has 5 saturated heterocycles. The Morgan fingerprint density at radius 3 is 0.906 bits per heavy atom. The van der Waals surface area contributed by atoms with Crippen molar-refractivity contribution in [3.63, 3.8) is 0 Å². The van der Waals surface area contributed by atoms with Gasteiger partial charge in [0.2, 0.25) is 0 Å². The summed E-state index contributed by atoms with van der Waals surface area (Å²) >= 11 is 5.49. The SMILES string of the molecule is CC(C)CCC[C@@H](C)[C@H]1CC[C@H]2[C@@H]3CC=C4C[C@H](OCCOCCOCCOCCOCCOCCOCCOCCCOC5C(OCCCS[C@@H]6O[C@H](CO)[C@H](O)[C@H](O)[C@H]6O)C(OCCCS[C@@H]6O[C@H](CO)[C@H](O)[C@H](O)[C@H]6O)C(OCCCS[C@@H]6O[C@H](CO)[C@H](O)[C@H](O)[C@H]6O)C(OCCCS[C@@H]6O[C@H](CO)[C@H](O)[C@H](O)[C@H]6O)C5OCCCS[C@@H]5O[C@H](CO)[C@H](O)[C@H](O)[C@H]5O)CC[C@]4(C)[C@H]3CC[C@]12C. The van der Waals surface area contributed by atoms with E-state index in [0.29, 0.717) is 89.9 Å². The summed E-state index contributed by atoms with van der Waals surface area (Å²) in [4.78, 5) is 0. The first kappa shape index (κ1) is 121. The molecule has 0 radical (unpaired) electrons. The number of rotatable bonds is 67. The summed E-state index contributed by atoms with van der Waals surface area (Å²) in [7, 11) is 0. The van der Waals surface area contributed by atoms with Gasteiger partial charge < -0.3 is 192 Å². The van der Waals surface area contributed by atoms with Crippen LogP contribution in [0.1, 0.15) is 144 Å². The number of ether oxygens (including phenoxy) is 19. The van der Waals surface area contributed by atoms with Gasteiger partial charge in [0.1, 0.15) is 186 Å². The maximum absolute atomic E-state index is 11.0. The van der Waals surface area contributed by atoms with Crippen molar-refractivity contribution in [2.24, 2.45) is 46.3 Å². The summed E-state index contributed by atoms with van der Waals surface area (Å²) in [6, 6.07) is 0. The molecular formula is C95H170O39S5. The number of hydrogen-bond acceptors (Lipinski definition) is 44. The third-order valence-corrected chi connectivity index (χ3v) is 35.6. The van der Waals surface area contributed by atoms with Crippen molar-refractivity contribution in [1.82, 2.24) is 0 Å². The highest BCUT2D eigenvalue weighted by molar-refractivity contribution is 8.00. The molecule has 0 aromatic rings. The molecule has 814 valence electrons. The molecule has 0 amide bonds. The van der Waals surface area contributed by atoms with Gasteiger partial charge in [0.25, 0.3) is 0 Å². The maximum atomic E-state index is 11.0. The highest BCUT2D eigenvalue weighted by Gasteiger charge is 2.61. The lowest BCUT2D eigenvalue weighted by molar-refractivity contribution is -0.282. The van der Waals surface area contributed by atoms with Crippen LogP contribution in [-0.4, -0.2) is 495 Å². The Kier molecular flexibility index (Phi) is 55.1. The monoisotopic (exact) mass is 2090 g/mol. The Morgan fingerprint density at radius 2 is 0.604 bits per heavy atom. The standard InChI is InChI=1S/C95H170O39S5/c1-55(2)13-6-14-56(3)60-17-18-61-59-16-15-57-49-58(19-21-94(57,4)62(59)20-22-95(60,61)5)123-43-42-122-41-40-121-39-38-120-37-36-119-35-34-118-33-32-117-31-30-116-23-7-24-124-83-84(125-25-8-44-135-89-78(111)73(106)68(101)63(50-96)130-89)86(127-27-10-46-137-91-80(113)75(108)70(103)65(52-98)132-91)88(129-29-12-48-139-93-82(115)77(110)72(105)67(54-100)134-93)87(128-28-11-47-138-92-81(114)76(109)71(104)66(53-99)133-92)85(83)126-26-9-45-136-90-79(112)74(107)69(102)64(51-97)131-90/h15,55-56,58-93,96-115H,6-14,16-54H2,1-5H3/t56-,58-,59+,60-,61+,62+,63-,64-,65-,66-,67-,68+,69+,70+,71+,72+,73+,74+,75+,76+,77+,78-,79-,80-,81-,82-,83?,84?,85?,86?,87?,88?,89+,90+,91+,92+,93+,94+,95-/m1/s1. The van der Waals surface area contributed by atoms with Gasteiger partial charge in [0.15, 0.2) is 0 Å². The van der Waals surface area contributed by atoms with Crippen molar-refractivity contribution >= 4 is 58.8 Å². The first-order valence-corrected chi connectivity index (χ1v) is 56.0. The van der Waals surface area contributed by atoms with E-state index >= 15 is 0 Å². The molecule has 44 heteroatoms. The van der Waals surface area contributed by atoms with Crippen molar-refractivity contribution in [3.05, 3.63) is 11.6 Å². The highest BCUT2D eigenvalue weighted by Crippen LogP contribution is 2.68. The molecule has 0 aromatic carbocycles. The number of thioether (sulfide) groups is 5. The number of fused-ring (bicyclic) bond motifs is 5. The van der Waals surface area contributed by atoms with Crippen LogP contribution in [0.5, 0.6) is 0 Å². The second-order valence-corrected chi connectivity index (χ2v) is 45.3. The largest absolute Gasteiger partial charge is 0.394 e. The van der Waals surface area contributed by atoms with Crippen LogP contribution in [0.2, 0.25) is 0 Å². The second-order valence-electron chi connectivity index (χ2n) is 39.3. The van der Waals surface area contributed by atoms with E-state index in [4.69, 9.17) is 90.0 Å². The number of hydrogen-bond donors (Lipinski definition) is 20. The molecule has 10 rings (SSSR count). The van der Waals surface area contributed by atoms with Gasteiger partial charge in [-0.1, -0.05) is 65.5 Å². The van der Waals surface area contributed by atoms with Crippen molar-refractivity contribution in [1.29, 1.82) is 0 Å². The molecule has 5 heterocycles. The Labute approximate surface area is 840 Å². The fourth-order valence-electron chi connectivity index (χ4n) is 21.5. The topological polar surface area (TPSA) is 580 Å². The third-order valence-electron chi connectivity index (χ3n) is 29.4. The summed E-state index contributed by atoms with van der Waals surface area (Å²) in [5.41, 5.74) is -2.97. The fourth-order valence-corrected chi connectivity index (χ4v) is 27.0. The van der Waals surface area contributed by atoms with Gasteiger partial charge in [-0.15, -0.1) is 58.8 Å². The Morgan fingerprint density at radius 1 is 0.309 bits per heavy atom. The fraction of sp³-hybridized carbons (Fsp3) is 0.979. The molecular weight excluding hydrogens is 1930 g/mol. The van der Waals surface area contributed by atoms with E-state index in [1.165, 1.54) is 57.8 Å². The van der Waals surface area contributed by atoms with E-state index < -0.39 is 219 Å². The predicted molar refractivity (Wildman–Crippen MR) is 516 cm³/mol. The third kappa shape index (κ3) is 34.7. The van der Waals surface area contributed by atoms with Gasteiger partial charge >= 0.3 is 0 Å². The van der Waals surface area contributed by atoms with Crippen LogP contribution >= 0.6 is 58.8 Å². The highest BCUT2D eigenvalue weighted by atomic mass is 32.2. The van der Waals surface area contributed by atoms with Gasteiger partial charge in [0, 0.05) is 46.2 Å². The van der Waals surface area contributed by atoms with E-state index in [0.717, 1.165) is 107 Å². The molecule has 20 N–H and O–H groups in total. The molecule has 0 aromatic heterocycles. The normalized spacial score (nSPS) is 39.6. The lowest BCUT2D eigenvalue weighted by atomic mass is 9.47. The lowest BCUT2D eigenvalue weighted by Gasteiger charge is -2.58. The van der Waals surface area contributed by atoms with Crippen LogP contribution in [0.25, 0.3) is 0 Å². The second kappa shape index (κ2) is 63.4. The summed E-state index contributed by atoms with van der Waals surface area (Å²) in [5, 5.41) is 211. The van der Waals surface area contributed by atoms with E-state index in [9.17, 15) is 102 Å². The summed E-state index contributed by atoms with van der Waals surface area (Å²) in [5.74, 6) is 6.04. The summed E-state index contributed by atoms with van der Waals surface area (Å²) in [6.45, 7) is 14.5. The number of aliphatic hydroxyl groups is 20. The van der Waals surface area contributed by atoms with Gasteiger partial charge in [-0.2, -0.15) is 0 Å². The molecule has 4 unspecified atom stereocenters. The van der Waals surface area contributed by atoms with Crippen LogP contribution < -0.4 is 0 Å². The average molecular weight is 2100 g/mol. The minimum absolute atomic E-state index is 0.00128. The summed E-state index contributed by atoms with van der Waals surface area (Å²) < 4.78 is 118. The molecule has 5 aliphatic carbocycles. The zero-order chi connectivity index (χ0) is 100. The van der Waals surface area contributed by atoms with Gasteiger partial charge in [0.05, 0.1) is 132 Å². The minimum atomic E-state index is -1.64. The van der Waals surface area contributed by atoms with E-state index in [1.54, 1.807) is 5.57 Å². The molecule has 4 saturated carbocycles. The molecule has 139 heavy (non-hydrogen) atoms. The van der Waals surface area contributed by atoms with Crippen LogP contribution in [0, 0.1) is 46.3 Å². The van der Waals surface area contributed by atoms with Crippen LogP contribution in [0.3, 0.4) is 0 Å². The van der Waals surface area contributed by atoms with E-state index in [2.05, 4.69) is 40.7 Å². The average Bonchev–Trinajstić information content (AvgIpc) is 1.63. The van der Waals surface area contributed by atoms with Crippen LogP contribution in [0.15, 0.2) is 11.6 Å². The van der Waals surface area contributed by atoms with E-state index in [-0.39, 0.29) is 133 Å². The molecule has 9 fully saturated rings. The first-order valence-electron chi connectivity index (χ1n) is 50.7. The van der Waals surface area contributed by atoms with Crippen LogP contribution in [0.4, 0.5) is 0 Å². The Hall–Kier alpha value is -0.0700. The predicted octanol–water partition coefficient (Wildman–Crippen LogP) is -0.140. The minimum Gasteiger partial charge on any atom is -0.394 e. The Bertz CT molecular complexity index is 3190. The smallest absolute Gasteiger partial charge is 0.132 e. The molecule has 0 spiro atoms. The molecule has 37 atom stereocenters. The number of allylic oxidation sites excluding steroid dienone is 1. The summed E-state index contributed by atoms with van der Waals surface area (Å²) in [6.07, 6.45) is -18.0. The van der Waals surface area contributed by atoms with Gasteiger partial charge in [-0.05, 0) is 165 Å². The van der Waals surface area contributed by atoms with Crippen molar-refractivity contribution in [2.75, 3.05) is 201 Å². The van der Waals surface area contributed by atoms with Crippen LogP contribution in [-0.2, 0) is 90.0 Å². The van der Waals surface area contributed by atoms with Gasteiger partial charge in [-0.3, -0.25) is 0 Å². The van der Waals surface area contributed by atoms with Crippen molar-refractivity contribution in [2.45, 2.75) is 336 Å². The molecule has 39 nitrogen and oxygen atoms in total. The molecule has 5 aliphatic heterocycles. The lowest BCUT2D eigenvalue weighted by Crippen LogP contribution is -2.68. The number of aliphatic hydroxyl groups excluding tert-OH is 20. The van der Waals surface area contributed by atoms with Gasteiger partial charge in [-0.25, -0.2) is 0 Å². The molecule has 0 bridgehead atoms. The zero-order valence-corrected chi connectivity index (χ0v) is 85.8. The Balaban J connectivity index is 0.710. The first-order chi connectivity index (χ1) is 67.1. The van der Waals surface area contributed by atoms with E-state index in [1.807, 2.05) is 0 Å². The zero-order valence-electron chi connectivity index (χ0n) is 81.7. The van der Waals surface area contributed by atoms with Crippen molar-refractivity contribution in [3.8, 4) is 0 Å². The van der Waals surface area contributed by atoms with Crippen molar-refractivity contribution < 1.29 is 192 Å². The quantitative estimate of drug-likeness (QED) is 0.0278.